The van der Waals surface area contributed by atoms with Crippen molar-refractivity contribution in [2.24, 2.45) is 5.73 Å². The zero-order valence-electron chi connectivity index (χ0n) is 17.7. The molecule has 0 saturated carbocycles. The van der Waals surface area contributed by atoms with E-state index in [0.717, 1.165) is 22.9 Å². The summed E-state index contributed by atoms with van der Waals surface area (Å²) in [4.78, 5) is 46.4. The van der Waals surface area contributed by atoms with Gasteiger partial charge in [0.15, 0.2) is 0 Å². The number of esters is 1. The molecule has 1 saturated heterocycles. The summed E-state index contributed by atoms with van der Waals surface area (Å²) in [5.41, 5.74) is 7.02. The van der Waals surface area contributed by atoms with Gasteiger partial charge in [0, 0.05) is 6.42 Å². The Balaban J connectivity index is 0.00000385. The molecule has 2 atom stereocenters. The molecule has 0 aliphatic carbocycles. The number of halogens is 1. The molecule has 3 rings (SSSR count). The quantitative estimate of drug-likeness (QED) is 0.451. The van der Waals surface area contributed by atoms with E-state index in [0.29, 0.717) is 17.9 Å². The molecule has 0 aromatic heterocycles. The highest BCUT2D eigenvalue weighted by molar-refractivity contribution is 8.15. The van der Waals surface area contributed by atoms with E-state index in [4.69, 9.17) is 15.2 Å². The zero-order valence-corrected chi connectivity index (χ0v) is 19.4. The summed E-state index contributed by atoms with van der Waals surface area (Å²) in [5.74, 6) is -0.0488. The molecule has 33 heavy (non-hydrogen) atoms. The van der Waals surface area contributed by atoms with Crippen molar-refractivity contribution in [3.8, 4) is 11.5 Å². The van der Waals surface area contributed by atoms with Crippen molar-refractivity contribution in [1.29, 1.82) is 0 Å². The van der Waals surface area contributed by atoms with Crippen LogP contribution in [0.3, 0.4) is 0 Å². The Morgan fingerprint density at radius 1 is 1.06 bits per heavy atom. The van der Waals surface area contributed by atoms with E-state index in [1.165, 1.54) is 7.11 Å². The van der Waals surface area contributed by atoms with Gasteiger partial charge < -0.3 is 20.5 Å². The summed E-state index contributed by atoms with van der Waals surface area (Å²) in [6.45, 7) is -0.218. The first-order valence-electron chi connectivity index (χ1n) is 9.82. The molecule has 11 heteroatoms. The molecule has 176 valence electrons. The van der Waals surface area contributed by atoms with Crippen LogP contribution in [0.25, 0.3) is 0 Å². The summed E-state index contributed by atoms with van der Waals surface area (Å²) in [6.07, 6.45) is 0.710. The molecule has 9 nitrogen and oxygen atoms in total. The Morgan fingerprint density at radius 3 is 2.12 bits per heavy atom. The van der Waals surface area contributed by atoms with Gasteiger partial charge in [-0.3, -0.25) is 19.7 Å². The van der Waals surface area contributed by atoms with Crippen LogP contribution in [0.5, 0.6) is 11.5 Å². The van der Waals surface area contributed by atoms with Crippen LogP contribution in [0.4, 0.5) is 4.79 Å². The molecule has 1 heterocycles. The lowest BCUT2D eigenvalue weighted by atomic mass is 10.1. The summed E-state index contributed by atoms with van der Waals surface area (Å²) < 4.78 is 10.6. The molecule has 2 aromatic rings. The number of thioether (sulfide) groups is 1. The minimum absolute atomic E-state index is 0. The number of imide groups is 1. The first-order chi connectivity index (χ1) is 15.4. The number of carbonyl (C=O) groups is 4. The average Bonchev–Trinajstić information content (AvgIpc) is 3.11. The van der Waals surface area contributed by atoms with Gasteiger partial charge in [-0.25, -0.2) is 4.79 Å². The molecule has 2 aromatic carbocycles. The maximum Gasteiger partial charge on any atom is 0.328 e. The van der Waals surface area contributed by atoms with E-state index >= 15 is 0 Å². The third-order valence-corrected chi connectivity index (χ3v) is 5.70. The third kappa shape index (κ3) is 7.48. The van der Waals surface area contributed by atoms with Crippen LogP contribution in [0, 0.1) is 0 Å². The predicted molar refractivity (Wildman–Crippen MR) is 126 cm³/mol. The van der Waals surface area contributed by atoms with Crippen LogP contribution in [0.1, 0.15) is 11.1 Å². The first-order valence-corrected chi connectivity index (χ1v) is 10.7. The number of hydrogen-bond acceptors (Lipinski definition) is 8. The van der Waals surface area contributed by atoms with Crippen molar-refractivity contribution in [1.82, 2.24) is 10.6 Å². The summed E-state index contributed by atoms with van der Waals surface area (Å²) in [5, 5.41) is 4.09. The highest BCUT2D eigenvalue weighted by atomic mass is 35.5. The van der Waals surface area contributed by atoms with Gasteiger partial charge in [0.2, 0.25) is 11.8 Å². The Morgan fingerprint density at radius 2 is 1.64 bits per heavy atom. The average molecular weight is 494 g/mol. The van der Waals surface area contributed by atoms with Gasteiger partial charge in [0.1, 0.15) is 17.5 Å². The molecule has 1 aliphatic rings. The molecular weight excluding hydrogens is 470 g/mol. The van der Waals surface area contributed by atoms with Crippen molar-refractivity contribution < 1.29 is 28.7 Å². The summed E-state index contributed by atoms with van der Waals surface area (Å²) in [6, 6.07) is 13.5. The lowest BCUT2D eigenvalue weighted by Crippen LogP contribution is -2.45. The van der Waals surface area contributed by atoms with Gasteiger partial charge in [-0.15, -0.1) is 12.4 Å². The van der Waals surface area contributed by atoms with Gasteiger partial charge in [-0.1, -0.05) is 36.0 Å². The molecule has 3 amide bonds. The second-order valence-electron chi connectivity index (χ2n) is 7.03. The van der Waals surface area contributed by atoms with Crippen molar-refractivity contribution in [3.05, 3.63) is 59.7 Å². The number of nitrogens with two attached hydrogens (primary N) is 1. The molecule has 0 spiro atoms. The molecular formula is C22H24ClN3O6S. The van der Waals surface area contributed by atoms with Crippen molar-refractivity contribution >= 4 is 47.2 Å². The molecule has 1 fully saturated rings. The van der Waals surface area contributed by atoms with Crippen LogP contribution in [0.2, 0.25) is 0 Å². The third-order valence-electron chi connectivity index (χ3n) is 4.72. The minimum Gasteiger partial charge on any atom is -0.467 e. The number of rotatable bonds is 9. The smallest absolute Gasteiger partial charge is 0.328 e. The van der Waals surface area contributed by atoms with Crippen LogP contribution in [-0.4, -0.2) is 48.0 Å². The highest BCUT2D eigenvalue weighted by Gasteiger charge is 2.31. The Bertz CT molecular complexity index is 1000. The Labute approximate surface area is 201 Å². The zero-order chi connectivity index (χ0) is 23.1. The second kappa shape index (κ2) is 12.2. The van der Waals surface area contributed by atoms with E-state index in [1.54, 1.807) is 36.4 Å². The van der Waals surface area contributed by atoms with Crippen molar-refractivity contribution in [2.45, 2.75) is 24.1 Å². The fourth-order valence-electron chi connectivity index (χ4n) is 3.09. The Kier molecular flexibility index (Phi) is 9.71. The number of nitrogens with one attached hydrogen (secondary N) is 2. The molecule has 2 unspecified atom stereocenters. The minimum atomic E-state index is -0.828. The van der Waals surface area contributed by atoms with Crippen LogP contribution >= 0.6 is 24.2 Å². The van der Waals surface area contributed by atoms with Gasteiger partial charge in [-0.05, 0) is 41.8 Å². The fraction of sp³-hybridized carbons (Fsp3) is 0.273. The second-order valence-corrected chi connectivity index (χ2v) is 8.20. The maximum absolute atomic E-state index is 11.9. The maximum atomic E-state index is 11.9. The molecule has 0 radical (unpaired) electrons. The van der Waals surface area contributed by atoms with Gasteiger partial charge in [0.05, 0.1) is 18.9 Å². The van der Waals surface area contributed by atoms with Crippen molar-refractivity contribution in [2.75, 3.05) is 13.7 Å². The lowest BCUT2D eigenvalue weighted by Gasteiger charge is -2.16. The highest BCUT2D eigenvalue weighted by Crippen LogP contribution is 2.26. The van der Waals surface area contributed by atoms with E-state index in [2.05, 4.69) is 10.6 Å². The largest absolute Gasteiger partial charge is 0.467 e. The number of ether oxygens (including phenoxy) is 2. The monoisotopic (exact) mass is 493 g/mol. The number of amides is 3. The van der Waals surface area contributed by atoms with E-state index in [1.807, 2.05) is 12.1 Å². The Hall–Kier alpha value is -3.08. The number of hydrogen-bond donors (Lipinski definition) is 3. The van der Waals surface area contributed by atoms with E-state index < -0.39 is 23.2 Å². The fourth-order valence-corrected chi connectivity index (χ4v) is 3.95. The number of methoxy groups -OCH3 is 1. The SMILES string of the molecule is COC(=O)C(Cc1ccc(Oc2ccc(CC3SC(=O)NC3=O)cc2)cc1)NC(=O)CN.Cl. The van der Waals surface area contributed by atoms with E-state index in [-0.39, 0.29) is 36.5 Å². The van der Waals surface area contributed by atoms with Gasteiger partial charge in [0.25, 0.3) is 5.24 Å². The van der Waals surface area contributed by atoms with Gasteiger partial charge >= 0.3 is 5.97 Å². The normalized spacial score (nSPS) is 15.8. The van der Waals surface area contributed by atoms with Crippen LogP contribution in [0.15, 0.2) is 48.5 Å². The number of carbonyl (C=O) groups excluding carboxylic acids is 4. The van der Waals surface area contributed by atoms with Gasteiger partial charge in [-0.2, -0.15) is 0 Å². The summed E-state index contributed by atoms with van der Waals surface area (Å²) in [7, 11) is 1.26. The summed E-state index contributed by atoms with van der Waals surface area (Å²) >= 11 is 0.999. The first kappa shape index (κ1) is 26.2. The molecule has 1 aliphatic heterocycles. The lowest BCUT2D eigenvalue weighted by molar-refractivity contribution is -0.144. The van der Waals surface area contributed by atoms with Crippen LogP contribution < -0.4 is 21.1 Å². The standard InChI is InChI=1S/C22H23N3O6S.ClH/c1-30-21(28)17(24-19(26)12-23)10-13-2-6-15(7-3-13)31-16-8-4-14(5-9-16)11-18-20(27)25-22(29)32-18;/h2-9,17-18H,10-12,23H2,1H3,(H,24,26)(H,25,27,29);1H. The van der Waals surface area contributed by atoms with Crippen molar-refractivity contribution in [3.63, 3.8) is 0 Å². The molecule has 4 N–H and O–H groups in total. The molecule has 0 bridgehead atoms. The van der Waals surface area contributed by atoms with E-state index in [9.17, 15) is 19.2 Å². The predicted octanol–water partition coefficient (Wildman–Crippen LogP) is 1.95. The number of benzene rings is 2. The topological polar surface area (TPSA) is 137 Å². The van der Waals surface area contributed by atoms with Crippen LogP contribution in [-0.2, 0) is 32.0 Å².